The zero-order chi connectivity index (χ0) is 17.3. The molecule has 3 rings (SSSR count). The summed E-state index contributed by atoms with van der Waals surface area (Å²) in [5.41, 5.74) is 3.33. The molecular formula is C23H22NO. The van der Waals surface area contributed by atoms with Crippen molar-refractivity contribution >= 4 is 11.6 Å². The molecule has 0 N–H and O–H groups in total. The fraction of sp³-hybridized carbons (Fsp3) is 0.174. The van der Waals surface area contributed by atoms with Gasteiger partial charge in [0.25, 0.3) is 0 Å². The number of benzene rings is 3. The van der Waals surface area contributed by atoms with E-state index >= 15 is 0 Å². The first kappa shape index (κ1) is 17.0. The van der Waals surface area contributed by atoms with Crippen molar-refractivity contribution in [1.29, 1.82) is 0 Å². The minimum atomic E-state index is 0.158. The SMILES string of the molecule is O=C(CCCc1ccccc1)N(Cc1ccccc1)c1cc[c]cc1. The Morgan fingerprint density at radius 3 is 2.04 bits per heavy atom. The maximum atomic E-state index is 12.9. The average molecular weight is 328 g/mol. The van der Waals surface area contributed by atoms with E-state index in [-0.39, 0.29) is 5.91 Å². The molecule has 0 bridgehead atoms. The van der Waals surface area contributed by atoms with E-state index in [0.29, 0.717) is 13.0 Å². The average Bonchev–Trinajstić information content (AvgIpc) is 2.68. The molecule has 0 aliphatic heterocycles. The third-order valence-corrected chi connectivity index (χ3v) is 4.20. The summed E-state index contributed by atoms with van der Waals surface area (Å²) in [6, 6.07) is 31.0. The van der Waals surface area contributed by atoms with Crippen LogP contribution in [0.2, 0.25) is 0 Å². The fourth-order valence-electron chi connectivity index (χ4n) is 2.87. The Morgan fingerprint density at radius 1 is 0.800 bits per heavy atom. The standard InChI is InChI=1S/C23H22NO/c25-23(18-10-15-20-11-4-1-5-12-20)24(22-16-8-3-9-17-22)19-21-13-6-2-7-14-21/h1-2,4-9,11-14,16-17H,10,15,18-19H2. The van der Waals surface area contributed by atoms with E-state index in [1.165, 1.54) is 5.56 Å². The van der Waals surface area contributed by atoms with Gasteiger partial charge in [-0.1, -0.05) is 72.8 Å². The fourth-order valence-corrected chi connectivity index (χ4v) is 2.87. The van der Waals surface area contributed by atoms with Crippen LogP contribution < -0.4 is 4.90 Å². The lowest BCUT2D eigenvalue weighted by molar-refractivity contribution is -0.118. The first-order chi connectivity index (χ1) is 12.3. The van der Waals surface area contributed by atoms with Crippen LogP contribution >= 0.6 is 0 Å². The van der Waals surface area contributed by atoms with E-state index in [1.807, 2.05) is 65.6 Å². The van der Waals surface area contributed by atoms with Gasteiger partial charge in [0.15, 0.2) is 0 Å². The second-order valence-corrected chi connectivity index (χ2v) is 6.06. The molecule has 0 saturated heterocycles. The second kappa shape index (κ2) is 8.84. The molecule has 3 aromatic carbocycles. The summed E-state index contributed by atoms with van der Waals surface area (Å²) in [7, 11) is 0. The molecule has 0 saturated carbocycles. The highest BCUT2D eigenvalue weighted by molar-refractivity contribution is 5.93. The van der Waals surface area contributed by atoms with Gasteiger partial charge in [0.1, 0.15) is 0 Å². The Morgan fingerprint density at radius 2 is 1.40 bits per heavy atom. The summed E-state index contributed by atoms with van der Waals surface area (Å²) in [5.74, 6) is 0.158. The molecule has 2 nitrogen and oxygen atoms in total. The quantitative estimate of drug-likeness (QED) is 0.595. The monoisotopic (exact) mass is 328 g/mol. The normalized spacial score (nSPS) is 10.4. The van der Waals surface area contributed by atoms with E-state index in [4.69, 9.17) is 0 Å². The lowest BCUT2D eigenvalue weighted by Crippen LogP contribution is -2.30. The highest BCUT2D eigenvalue weighted by Crippen LogP contribution is 2.19. The summed E-state index contributed by atoms with van der Waals surface area (Å²) in [6.07, 6.45) is 2.32. The molecule has 0 heterocycles. The van der Waals surface area contributed by atoms with Crippen LogP contribution in [0.4, 0.5) is 5.69 Å². The predicted octanol–water partition coefficient (Wildman–Crippen LogP) is 5.04. The molecule has 3 aromatic rings. The van der Waals surface area contributed by atoms with Crippen LogP contribution in [0, 0.1) is 6.07 Å². The van der Waals surface area contributed by atoms with Crippen molar-refractivity contribution in [2.75, 3.05) is 4.90 Å². The Labute approximate surface area is 149 Å². The number of rotatable bonds is 7. The summed E-state index contributed by atoms with van der Waals surface area (Å²) < 4.78 is 0. The summed E-state index contributed by atoms with van der Waals surface area (Å²) in [5, 5.41) is 0. The molecular weight excluding hydrogens is 306 g/mol. The predicted molar refractivity (Wildman–Crippen MR) is 102 cm³/mol. The van der Waals surface area contributed by atoms with E-state index < -0.39 is 0 Å². The lowest BCUT2D eigenvalue weighted by Gasteiger charge is -2.23. The Hall–Kier alpha value is -2.87. The zero-order valence-corrected chi connectivity index (χ0v) is 14.3. The van der Waals surface area contributed by atoms with Crippen molar-refractivity contribution in [1.82, 2.24) is 0 Å². The summed E-state index contributed by atoms with van der Waals surface area (Å²) >= 11 is 0. The van der Waals surface area contributed by atoms with Crippen molar-refractivity contribution in [2.24, 2.45) is 0 Å². The summed E-state index contributed by atoms with van der Waals surface area (Å²) in [6.45, 7) is 0.592. The highest BCUT2D eigenvalue weighted by atomic mass is 16.2. The van der Waals surface area contributed by atoms with Gasteiger partial charge in [0.05, 0.1) is 6.54 Å². The number of aryl methyl sites for hydroxylation is 1. The summed E-state index contributed by atoms with van der Waals surface area (Å²) in [4.78, 5) is 14.7. The van der Waals surface area contributed by atoms with Crippen molar-refractivity contribution in [3.63, 3.8) is 0 Å². The van der Waals surface area contributed by atoms with Crippen molar-refractivity contribution in [3.8, 4) is 0 Å². The second-order valence-electron chi connectivity index (χ2n) is 6.06. The van der Waals surface area contributed by atoms with Crippen LogP contribution in [0.5, 0.6) is 0 Å². The van der Waals surface area contributed by atoms with E-state index in [0.717, 1.165) is 24.1 Å². The van der Waals surface area contributed by atoms with Gasteiger partial charge in [-0.25, -0.2) is 0 Å². The Kier molecular flexibility index (Phi) is 6.00. The van der Waals surface area contributed by atoms with Gasteiger partial charge in [-0.2, -0.15) is 0 Å². The van der Waals surface area contributed by atoms with Crippen molar-refractivity contribution in [2.45, 2.75) is 25.8 Å². The Balaban J connectivity index is 1.67. The van der Waals surface area contributed by atoms with Gasteiger partial charge in [0.2, 0.25) is 5.91 Å². The van der Waals surface area contributed by atoms with Crippen LogP contribution in [0.25, 0.3) is 0 Å². The number of hydrogen-bond donors (Lipinski definition) is 0. The minimum absolute atomic E-state index is 0.158. The molecule has 1 radical (unpaired) electrons. The molecule has 0 unspecified atom stereocenters. The smallest absolute Gasteiger partial charge is 0.227 e. The molecule has 0 spiro atoms. The largest absolute Gasteiger partial charge is 0.308 e. The molecule has 0 aliphatic carbocycles. The number of amides is 1. The van der Waals surface area contributed by atoms with Crippen molar-refractivity contribution < 1.29 is 4.79 Å². The molecule has 2 heteroatoms. The van der Waals surface area contributed by atoms with E-state index in [2.05, 4.69) is 30.3 Å². The molecule has 0 aliphatic rings. The van der Waals surface area contributed by atoms with Gasteiger partial charge in [-0.05, 0) is 42.2 Å². The minimum Gasteiger partial charge on any atom is -0.308 e. The van der Waals surface area contributed by atoms with Crippen LogP contribution in [0.3, 0.4) is 0 Å². The molecule has 0 aromatic heterocycles. The van der Waals surface area contributed by atoms with Gasteiger partial charge in [0, 0.05) is 12.1 Å². The lowest BCUT2D eigenvalue weighted by atomic mass is 10.1. The third kappa shape index (κ3) is 5.05. The number of anilines is 1. The third-order valence-electron chi connectivity index (χ3n) is 4.20. The van der Waals surface area contributed by atoms with Crippen molar-refractivity contribution in [3.05, 3.63) is 102 Å². The topological polar surface area (TPSA) is 20.3 Å². The van der Waals surface area contributed by atoms with Crippen LogP contribution in [0.15, 0.2) is 84.9 Å². The molecule has 125 valence electrons. The maximum absolute atomic E-state index is 12.9. The van der Waals surface area contributed by atoms with Crippen LogP contribution in [-0.2, 0) is 17.8 Å². The van der Waals surface area contributed by atoms with E-state index in [1.54, 1.807) is 0 Å². The maximum Gasteiger partial charge on any atom is 0.227 e. The zero-order valence-electron chi connectivity index (χ0n) is 14.3. The molecule has 25 heavy (non-hydrogen) atoms. The number of carbonyl (C=O) groups excluding carboxylic acids is 1. The number of carbonyl (C=O) groups is 1. The highest BCUT2D eigenvalue weighted by Gasteiger charge is 2.15. The first-order valence-corrected chi connectivity index (χ1v) is 8.67. The first-order valence-electron chi connectivity index (χ1n) is 8.67. The number of nitrogens with zero attached hydrogens (tertiary/aromatic N) is 1. The molecule has 0 atom stereocenters. The van der Waals surface area contributed by atoms with Gasteiger partial charge < -0.3 is 4.90 Å². The van der Waals surface area contributed by atoms with Gasteiger partial charge >= 0.3 is 0 Å². The van der Waals surface area contributed by atoms with Gasteiger partial charge in [-0.3, -0.25) is 4.79 Å². The van der Waals surface area contributed by atoms with Crippen LogP contribution in [-0.4, -0.2) is 5.91 Å². The van der Waals surface area contributed by atoms with Crippen LogP contribution in [0.1, 0.15) is 24.0 Å². The van der Waals surface area contributed by atoms with Gasteiger partial charge in [-0.15, -0.1) is 0 Å². The van der Waals surface area contributed by atoms with E-state index in [9.17, 15) is 4.79 Å². The molecule has 0 fully saturated rings. The Bertz CT molecular complexity index is 769. The molecule has 1 amide bonds. The number of hydrogen-bond acceptors (Lipinski definition) is 1.